The molecule has 0 spiro atoms. The molecule has 1 heterocycles. The van der Waals surface area contributed by atoms with Gasteiger partial charge in [0, 0.05) is 10.6 Å². The zero-order valence-electron chi connectivity index (χ0n) is 9.47. The average Bonchev–Trinajstić information content (AvgIpc) is 2.78. The molecule has 0 amide bonds. The van der Waals surface area contributed by atoms with Gasteiger partial charge in [0.05, 0.1) is 12.5 Å². The molecule has 0 aliphatic heterocycles. The van der Waals surface area contributed by atoms with Crippen LogP contribution in [0.3, 0.4) is 0 Å². The summed E-state index contributed by atoms with van der Waals surface area (Å²) in [5.74, 6) is 0.150. The maximum Gasteiger partial charge on any atom is 0.305 e. The van der Waals surface area contributed by atoms with Crippen molar-refractivity contribution in [2.75, 3.05) is 0 Å². The second kappa shape index (κ2) is 5.25. The average molecular weight is 266 g/mol. The smallest absolute Gasteiger partial charge is 0.305 e. The minimum absolute atomic E-state index is 0.159. The molecule has 0 fully saturated rings. The molecule has 4 nitrogen and oxygen atoms in total. The molecule has 2 rings (SSSR count). The Morgan fingerprint density at radius 3 is 2.56 bits per heavy atom. The highest BCUT2D eigenvalue weighted by Crippen LogP contribution is 2.26. The summed E-state index contributed by atoms with van der Waals surface area (Å²) in [6.07, 6.45) is -0.159. The van der Waals surface area contributed by atoms with Crippen molar-refractivity contribution in [2.24, 2.45) is 5.73 Å². The van der Waals surface area contributed by atoms with Gasteiger partial charge in [-0.2, -0.15) is 0 Å². The third kappa shape index (κ3) is 2.91. The zero-order valence-corrected chi connectivity index (χ0v) is 10.2. The SMILES string of the molecule is N[C@@H](CC(=O)O)c1ccc(-c2ccc(Cl)cc2)o1. The number of carboxylic acid groups (broad SMARTS) is 1. The first kappa shape index (κ1) is 12.7. The Morgan fingerprint density at radius 1 is 1.28 bits per heavy atom. The van der Waals surface area contributed by atoms with Crippen molar-refractivity contribution in [3.05, 3.63) is 47.2 Å². The Kier molecular flexibility index (Phi) is 3.69. The lowest BCUT2D eigenvalue weighted by molar-refractivity contribution is -0.137. The molecule has 0 unspecified atom stereocenters. The van der Waals surface area contributed by atoms with E-state index < -0.39 is 12.0 Å². The third-order valence-electron chi connectivity index (χ3n) is 2.52. The largest absolute Gasteiger partial charge is 0.481 e. The van der Waals surface area contributed by atoms with Crippen LogP contribution in [-0.4, -0.2) is 11.1 Å². The van der Waals surface area contributed by atoms with Crippen LogP contribution in [0.4, 0.5) is 0 Å². The summed E-state index contributed by atoms with van der Waals surface area (Å²) in [4.78, 5) is 10.6. The molecule has 18 heavy (non-hydrogen) atoms. The number of hydrogen-bond donors (Lipinski definition) is 2. The van der Waals surface area contributed by atoms with E-state index in [2.05, 4.69) is 0 Å². The summed E-state index contributed by atoms with van der Waals surface area (Å²) < 4.78 is 5.54. The van der Waals surface area contributed by atoms with Gasteiger partial charge in [0.2, 0.25) is 0 Å². The van der Waals surface area contributed by atoms with Crippen LogP contribution >= 0.6 is 11.6 Å². The van der Waals surface area contributed by atoms with Crippen molar-refractivity contribution in [3.63, 3.8) is 0 Å². The molecule has 0 aliphatic carbocycles. The van der Waals surface area contributed by atoms with Crippen molar-refractivity contribution in [1.29, 1.82) is 0 Å². The molecular weight excluding hydrogens is 254 g/mol. The van der Waals surface area contributed by atoms with E-state index in [0.717, 1.165) is 5.56 Å². The number of rotatable bonds is 4. The van der Waals surface area contributed by atoms with Gasteiger partial charge in [0.25, 0.3) is 0 Å². The Balaban J connectivity index is 2.19. The number of nitrogens with two attached hydrogens (primary N) is 1. The minimum atomic E-state index is -0.952. The second-order valence-electron chi connectivity index (χ2n) is 3.91. The lowest BCUT2D eigenvalue weighted by Gasteiger charge is -2.04. The predicted molar refractivity (Wildman–Crippen MR) is 68.3 cm³/mol. The van der Waals surface area contributed by atoms with Gasteiger partial charge in [-0.3, -0.25) is 4.79 Å². The predicted octanol–water partition coefficient (Wildman–Crippen LogP) is 3.07. The summed E-state index contributed by atoms with van der Waals surface area (Å²) in [5, 5.41) is 9.31. The van der Waals surface area contributed by atoms with Crippen molar-refractivity contribution in [2.45, 2.75) is 12.5 Å². The van der Waals surface area contributed by atoms with Crippen LogP contribution in [0.15, 0.2) is 40.8 Å². The van der Waals surface area contributed by atoms with E-state index in [0.29, 0.717) is 16.5 Å². The number of aliphatic carboxylic acids is 1. The lowest BCUT2D eigenvalue weighted by Crippen LogP contribution is -2.14. The number of carbonyl (C=O) groups is 1. The van der Waals surface area contributed by atoms with Crippen LogP contribution in [0.1, 0.15) is 18.2 Å². The van der Waals surface area contributed by atoms with Crippen LogP contribution in [0, 0.1) is 0 Å². The van der Waals surface area contributed by atoms with E-state index in [-0.39, 0.29) is 6.42 Å². The van der Waals surface area contributed by atoms with Gasteiger partial charge < -0.3 is 15.3 Å². The maximum atomic E-state index is 10.6. The van der Waals surface area contributed by atoms with E-state index in [1.54, 1.807) is 24.3 Å². The van der Waals surface area contributed by atoms with Crippen molar-refractivity contribution >= 4 is 17.6 Å². The van der Waals surface area contributed by atoms with Gasteiger partial charge in [-0.05, 0) is 36.4 Å². The fourth-order valence-corrected chi connectivity index (χ4v) is 1.74. The highest BCUT2D eigenvalue weighted by Gasteiger charge is 2.15. The molecule has 5 heteroatoms. The van der Waals surface area contributed by atoms with Crippen LogP contribution in [0.5, 0.6) is 0 Å². The molecular formula is C13H12ClNO3. The quantitative estimate of drug-likeness (QED) is 0.891. The number of hydrogen-bond acceptors (Lipinski definition) is 3. The molecule has 1 atom stereocenters. The van der Waals surface area contributed by atoms with Crippen LogP contribution in [0.2, 0.25) is 5.02 Å². The lowest BCUT2D eigenvalue weighted by atomic mass is 10.1. The number of furan rings is 1. The van der Waals surface area contributed by atoms with Gasteiger partial charge >= 0.3 is 5.97 Å². The molecule has 0 radical (unpaired) electrons. The summed E-state index contributed by atoms with van der Waals surface area (Å²) in [5.41, 5.74) is 6.58. The Labute approximate surface area is 109 Å². The van der Waals surface area contributed by atoms with Gasteiger partial charge in [-0.15, -0.1) is 0 Å². The molecule has 0 saturated heterocycles. The van der Waals surface area contributed by atoms with Crippen LogP contribution in [-0.2, 0) is 4.79 Å². The molecule has 1 aromatic carbocycles. The first-order valence-corrected chi connectivity index (χ1v) is 5.77. The summed E-state index contributed by atoms with van der Waals surface area (Å²) in [6, 6.07) is 10.00. The summed E-state index contributed by atoms with van der Waals surface area (Å²) in [7, 11) is 0. The molecule has 3 N–H and O–H groups in total. The molecule has 2 aromatic rings. The molecule has 94 valence electrons. The second-order valence-corrected chi connectivity index (χ2v) is 4.35. The fraction of sp³-hybridized carbons (Fsp3) is 0.154. The molecule has 0 saturated carbocycles. The zero-order chi connectivity index (χ0) is 13.1. The Bertz CT molecular complexity index is 548. The standard InChI is InChI=1S/C13H12ClNO3/c14-9-3-1-8(2-4-9)11-5-6-12(18-11)10(15)7-13(16)17/h1-6,10H,7,15H2,(H,16,17)/t10-/m0/s1. The van der Waals surface area contributed by atoms with Gasteiger partial charge in [0.1, 0.15) is 11.5 Å². The van der Waals surface area contributed by atoms with Crippen molar-refractivity contribution in [1.82, 2.24) is 0 Å². The maximum absolute atomic E-state index is 10.6. The highest BCUT2D eigenvalue weighted by atomic mass is 35.5. The van der Waals surface area contributed by atoms with Gasteiger partial charge in [-0.25, -0.2) is 0 Å². The fourth-order valence-electron chi connectivity index (χ4n) is 1.61. The first-order chi connectivity index (χ1) is 8.56. The molecule has 0 aliphatic rings. The monoisotopic (exact) mass is 265 g/mol. The topological polar surface area (TPSA) is 76.5 Å². The first-order valence-electron chi connectivity index (χ1n) is 5.39. The minimum Gasteiger partial charge on any atom is -0.481 e. The Hall–Kier alpha value is -1.78. The molecule has 1 aromatic heterocycles. The van der Waals surface area contributed by atoms with Crippen LogP contribution in [0.25, 0.3) is 11.3 Å². The van der Waals surface area contributed by atoms with Crippen LogP contribution < -0.4 is 5.73 Å². The van der Waals surface area contributed by atoms with E-state index in [1.165, 1.54) is 0 Å². The normalized spacial score (nSPS) is 12.3. The summed E-state index contributed by atoms with van der Waals surface area (Å²) in [6.45, 7) is 0. The van der Waals surface area contributed by atoms with Gasteiger partial charge in [0.15, 0.2) is 0 Å². The third-order valence-corrected chi connectivity index (χ3v) is 2.77. The highest BCUT2D eigenvalue weighted by molar-refractivity contribution is 6.30. The van der Waals surface area contributed by atoms with E-state index in [9.17, 15) is 4.79 Å². The van der Waals surface area contributed by atoms with Crippen molar-refractivity contribution < 1.29 is 14.3 Å². The van der Waals surface area contributed by atoms with E-state index in [1.807, 2.05) is 12.1 Å². The van der Waals surface area contributed by atoms with E-state index in [4.69, 9.17) is 26.9 Å². The molecule has 0 bridgehead atoms. The van der Waals surface area contributed by atoms with Crippen molar-refractivity contribution in [3.8, 4) is 11.3 Å². The van der Waals surface area contributed by atoms with Gasteiger partial charge in [-0.1, -0.05) is 11.6 Å². The van der Waals surface area contributed by atoms with E-state index >= 15 is 0 Å². The number of benzene rings is 1. The Morgan fingerprint density at radius 2 is 1.94 bits per heavy atom. The number of halogens is 1. The number of carboxylic acids is 1. The summed E-state index contributed by atoms with van der Waals surface area (Å²) >= 11 is 5.80.